The Morgan fingerprint density at radius 2 is 1.91 bits per heavy atom. The quantitative estimate of drug-likeness (QED) is 0.545. The van der Waals surface area contributed by atoms with Gasteiger partial charge in [0.05, 0.1) is 22.2 Å². The van der Waals surface area contributed by atoms with Crippen molar-refractivity contribution in [3.05, 3.63) is 40.9 Å². The second kappa shape index (κ2) is 9.93. The summed E-state index contributed by atoms with van der Waals surface area (Å²) in [7, 11) is 0. The topological polar surface area (TPSA) is 87.8 Å². The fourth-order valence-corrected chi connectivity index (χ4v) is 5.52. The van der Waals surface area contributed by atoms with Gasteiger partial charge in [-0.15, -0.1) is 0 Å². The first kappa shape index (κ1) is 23.3. The smallest absolute Gasteiger partial charge is 0.382 e. The summed E-state index contributed by atoms with van der Waals surface area (Å²) in [4.78, 5) is 7.76. The number of allylic oxidation sites excluding steroid dienone is 1. The largest absolute Gasteiger partial charge is 0.405 e. The number of aromatic nitrogens is 1. The molecule has 2 unspecified atom stereocenters. The van der Waals surface area contributed by atoms with E-state index in [0.29, 0.717) is 33.5 Å². The number of rotatable bonds is 6. The molecule has 3 heterocycles. The minimum absolute atomic E-state index is 0.332. The number of hydrogen-bond acceptors (Lipinski definition) is 7. The lowest BCUT2D eigenvalue weighted by Gasteiger charge is -2.19. The second-order valence-electron chi connectivity index (χ2n) is 8.35. The molecule has 2 aromatic rings. The van der Waals surface area contributed by atoms with Gasteiger partial charge in [0.2, 0.25) is 0 Å². The van der Waals surface area contributed by atoms with Crippen LogP contribution >= 0.6 is 11.3 Å². The van der Waals surface area contributed by atoms with Gasteiger partial charge in [-0.1, -0.05) is 23.5 Å². The van der Waals surface area contributed by atoms with Crippen molar-refractivity contribution in [3.8, 4) is 17.3 Å². The monoisotopic (exact) mass is 474 g/mol. The van der Waals surface area contributed by atoms with Crippen molar-refractivity contribution in [3.63, 3.8) is 0 Å². The van der Waals surface area contributed by atoms with Crippen LogP contribution in [0.4, 0.5) is 18.3 Å². The maximum atomic E-state index is 12.6. The molecule has 0 amide bonds. The van der Waals surface area contributed by atoms with Crippen molar-refractivity contribution in [2.24, 2.45) is 11.8 Å². The van der Waals surface area contributed by atoms with E-state index < -0.39 is 12.7 Å². The fraction of sp³-hybridized carbons (Fsp3) is 0.435. The molecule has 2 aliphatic heterocycles. The first-order valence-corrected chi connectivity index (χ1v) is 11.7. The summed E-state index contributed by atoms with van der Waals surface area (Å²) in [6, 6.07) is 9.02. The highest BCUT2D eigenvalue weighted by Crippen LogP contribution is 2.39. The number of alkyl halides is 3. The van der Waals surface area contributed by atoms with E-state index in [2.05, 4.69) is 21.6 Å². The fourth-order valence-electron chi connectivity index (χ4n) is 4.40. The molecule has 0 radical (unpaired) electrons. The molecule has 3 N–H and O–H groups in total. The summed E-state index contributed by atoms with van der Waals surface area (Å²) in [5.41, 5.74) is 2.21. The minimum Gasteiger partial charge on any atom is -0.382 e. The summed E-state index contributed by atoms with van der Waals surface area (Å²) in [6.45, 7) is 2.66. The maximum absolute atomic E-state index is 12.6. The molecule has 174 valence electrons. The van der Waals surface area contributed by atoms with Gasteiger partial charge in [0, 0.05) is 36.6 Å². The third-order valence-electron chi connectivity index (χ3n) is 6.17. The van der Waals surface area contributed by atoms with E-state index in [4.69, 9.17) is 15.7 Å². The highest BCUT2D eigenvalue weighted by Gasteiger charge is 2.31. The first-order valence-electron chi connectivity index (χ1n) is 10.9. The summed E-state index contributed by atoms with van der Waals surface area (Å²) in [6.07, 6.45) is 0.0610. The van der Waals surface area contributed by atoms with Crippen LogP contribution in [0, 0.1) is 28.6 Å². The zero-order valence-corrected chi connectivity index (χ0v) is 18.8. The summed E-state index contributed by atoms with van der Waals surface area (Å²) in [5.74, 6) is 1.33. The Kier molecular flexibility index (Phi) is 7.00. The van der Waals surface area contributed by atoms with E-state index in [1.807, 2.05) is 0 Å². The first-order chi connectivity index (χ1) is 15.9. The van der Waals surface area contributed by atoms with E-state index in [-0.39, 0.29) is 0 Å². The van der Waals surface area contributed by atoms with Gasteiger partial charge in [0.1, 0.15) is 6.54 Å². The average Bonchev–Trinajstić information content (AvgIpc) is 3.39. The number of fused-ring (bicyclic) bond motifs is 1. The summed E-state index contributed by atoms with van der Waals surface area (Å²) >= 11 is 1.39. The van der Waals surface area contributed by atoms with Crippen LogP contribution < -0.4 is 15.5 Å². The zero-order chi connectivity index (χ0) is 23.4. The van der Waals surface area contributed by atoms with Gasteiger partial charge in [0.25, 0.3) is 0 Å². The number of nitrogens with one attached hydrogen (secondary N) is 3. The van der Waals surface area contributed by atoms with Gasteiger partial charge < -0.3 is 20.9 Å². The van der Waals surface area contributed by atoms with E-state index in [9.17, 15) is 13.2 Å². The van der Waals surface area contributed by atoms with Crippen molar-refractivity contribution < 1.29 is 13.2 Å². The molecule has 1 aromatic heterocycles. The lowest BCUT2D eigenvalue weighted by atomic mass is 9.92. The molecule has 33 heavy (non-hydrogen) atoms. The third-order valence-corrected chi connectivity index (χ3v) is 7.34. The van der Waals surface area contributed by atoms with Gasteiger partial charge >= 0.3 is 6.18 Å². The van der Waals surface area contributed by atoms with E-state index in [1.165, 1.54) is 17.5 Å². The molecule has 0 bridgehead atoms. The number of thiazole rings is 1. The highest BCUT2D eigenvalue weighted by molar-refractivity contribution is 7.17. The SMILES string of the molecule is N#Cc1ccc(-c2nc(N3CCC4CNCC4CC3)sc2/C(C=N)=C/NCC(F)(F)F)cc1. The Bertz CT molecular complexity index is 1040. The number of benzene rings is 1. The zero-order valence-electron chi connectivity index (χ0n) is 18.0. The van der Waals surface area contributed by atoms with Crippen molar-refractivity contribution in [2.75, 3.05) is 37.6 Å². The van der Waals surface area contributed by atoms with E-state index in [1.54, 1.807) is 24.3 Å². The van der Waals surface area contributed by atoms with Crippen molar-refractivity contribution in [2.45, 2.75) is 19.0 Å². The van der Waals surface area contributed by atoms with Gasteiger partial charge in [-0.2, -0.15) is 18.4 Å². The van der Waals surface area contributed by atoms with Crippen molar-refractivity contribution in [1.29, 1.82) is 10.7 Å². The molecular formula is C23H25F3N6S. The highest BCUT2D eigenvalue weighted by atomic mass is 32.1. The predicted molar refractivity (Wildman–Crippen MR) is 124 cm³/mol. The van der Waals surface area contributed by atoms with Gasteiger partial charge in [0.15, 0.2) is 5.13 Å². The summed E-state index contributed by atoms with van der Waals surface area (Å²) in [5, 5.41) is 23.5. The molecule has 2 aliphatic rings. The van der Waals surface area contributed by atoms with Crippen molar-refractivity contribution in [1.82, 2.24) is 15.6 Å². The van der Waals surface area contributed by atoms with Gasteiger partial charge in [-0.05, 0) is 49.9 Å². The van der Waals surface area contributed by atoms with E-state index in [0.717, 1.165) is 55.9 Å². The second-order valence-corrected chi connectivity index (χ2v) is 9.32. The average molecular weight is 475 g/mol. The Hall–Kier alpha value is -2.90. The van der Waals surface area contributed by atoms with E-state index >= 15 is 0 Å². The number of nitriles is 1. The Balaban J connectivity index is 1.67. The lowest BCUT2D eigenvalue weighted by Crippen LogP contribution is -2.25. The standard InChI is InChI=1S/C23H25F3N6S/c24-23(25,26)14-30-13-19(10-28)21-20(16-3-1-15(9-27)2-4-16)31-22(33-21)32-7-5-17-11-29-12-18(17)6-8-32/h1-4,10,13,17-18,28-30H,5-8,11-12,14H2/b19-13+,28-10?. The molecule has 0 spiro atoms. The van der Waals surface area contributed by atoms with Crippen LogP contribution in [0.25, 0.3) is 16.8 Å². The molecule has 1 aromatic carbocycles. The predicted octanol–water partition coefficient (Wildman–Crippen LogP) is 4.26. The Morgan fingerprint density at radius 3 is 2.48 bits per heavy atom. The number of anilines is 1. The van der Waals surface area contributed by atoms with Crippen molar-refractivity contribution >= 4 is 28.3 Å². The van der Waals surface area contributed by atoms with Crippen LogP contribution in [0.15, 0.2) is 30.5 Å². The van der Waals surface area contributed by atoms with Crippen LogP contribution in [-0.4, -0.2) is 50.1 Å². The molecule has 2 atom stereocenters. The molecule has 6 nitrogen and oxygen atoms in total. The number of nitrogens with zero attached hydrogens (tertiary/aromatic N) is 3. The number of hydrogen-bond donors (Lipinski definition) is 3. The van der Waals surface area contributed by atoms with Crippen LogP contribution in [-0.2, 0) is 0 Å². The summed E-state index contributed by atoms with van der Waals surface area (Å²) < 4.78 is 37.8. The molecule has 2 saturated heterocycles. The maximum Gasteiger partial charge on any atom is 0.405 e. The molecule has 4 rings (SSSR count). The molecule has 10 heteroatoms. The minimum atomic E-state index is -4.35. The van der Waals surface area contributed by atoms with Crippen LogP contribution in [0.1, 0.15) is 23.3 Å². The molecule has 0 aliphatic carbocycles. The van der Waals surface area contributed by atoms with Crippen LogP contribution in [0.2, 0.25) is 0 Å². The van der Waals surface area contributed by atoms with Crippen LogP contribution in [0.3, 0.4) is 0 Å². The number of halogens is 3. The molecular weight excluding hydrogens is 449 g/mol. The Labute approximate surface area is 194 Å². The van der Waals surface area contributed by atoms with Gasteiger partial charge in [-0.25, -0.2) is 4.98 Å². The molecule has 2 fully saturated rings. The molecule has 0 saturated carbocycles. The normalized spacial score (nSPS) is 21.3. The third kappa shape index (κ3) is 5.54. The van der Waals surface area contributed by atoms with Gasteiger partial charge in [-0.3, -0.25) is 0 Å². The Morgan fingerprint density at radius 1 is 1.24 bits per heavy atom. The van der Waals surface area contributed by atoms with Crippen LogP contribution in [0.5, 0.6) is 0 Å². The lowest BCUT2D eigenvalue weighted by molar-refractivity contribution is -0.122.